The molecule has 98 valence electrons. The molecule has 0 spiro atoms. The number of thiazole rings is 1. The van der Waals surface area contributed by atoms with Gasteiger partial charge in [-0.1, -0.05) is 13.3 Å². The Bertz CT molecular complexity index is 335. The van der Waals surface area contributed by atoms with Crippen molar-refractivity contribution in [2.75, 3.05) is 13.1 Å². The smallest absolute Gasteiger partial charge is 0.0900 e. The van der Waals surface area contributed by atoms with E-state index in [4.69, 9.17) is 5.73 Å². The lowest BCUT2D eigenvalue weighted by Gasteiger charge is -2.18. The Morgan fingerprint density at radius 1 is 1.41 bits per heavy atom. The number of rotatable bonds is 7. The van der Waals surface area contributed by atoms with Crippen molar-refractivity contribution in [3.05, 3.63) is 15.6 Å². The maximum absolute atomic E-state index is 5.77. The van der Waals surface area contributed by atoms with Crippen LogP contribution in [0.25, 0.3) is 0 Å². The fourth-order valence-electron chi connectivity index (χ4n) is 2.10. The van der Waals surface area contributed by atoms with E-state index in [1.807, 2.05) is 0 Å². The minimum absolute atomic E-state index is 0.382. The Labute approximate surface area is 109 Å². The lowest BCUT2D eigenvalue weighted by molar-refractivity contribution is 0.424. The highest BCUT2D eigenvalue weighted by atomic mass is 32.1. The average Bonchev–Trinajstić information content (AvgIpc) is 2.63. The number of aryl methyl sites for hydroxylation is 2. The SMILES string of the molecule is CCCC(CN)CNC(C)c1sc(C)nc1C. The summed E-state index contributed by atoms with van der Waals surface area (Å²) in [6.45, 7) is 10.3. The molecule has 3 nitrogen and oxygen atoms in total. The highest BCUT2D eigenvalue weighted by Crippen LogP contribution is 2.24. The van der Waals surface area contributed by atoms with Gasteiger partial charge in [0.15, 0.2) is 0 Å². The first-order chi connectivity index (χ1) is 8.08. The van der Waals surface area contributed by atoms with E-state index in [9.17, 15) is 0 Å². The predicted octanol–water partition coefficient (Wildman–Crippen LogP) is 2.79. The van der Waals surface area contributed by atoms with Gasteiger partial charge in [-0.15, -0.1) is 11.3 Å². The summed E-state index contributed by atoms with van der Waals surface area (Å²) in [5.41, 5.74) is 6.93. The maximum Gasteiger partial charge on any atom is 0.0900 e. The number of aromatic nitrogens is 1. The summed E-state index contributed by atoms with van der Waals surface area (Å²) in [6.07, 6.45) is 2.41. The molecule has 0 aliphatic rings. The third kappa shape index (κ3) is 4.37. The molecule has 0 fully saturated rings. The summed E-state index contributed by atoms with van der Waals surface area (Å²) >= 11 is 1.79. The maximum atomic E-state index is 5.77. The highest BCUT2D eigenvalue weighted by Gasteiger charge is 2.14. The molecule has 0 bridgehead atoms. The van der Waals surface area contributed by atoms with E-state index in [-0.39, 0.29) is 0 Å². The van der Waals surface area contributed by atoms with Gasteiger partial charge in [0.2, 0.25) is 0 Å². The van der Waals surface area contributed by atoms with Gasteiger partial charge in [0.25, 0.3) is 0 Å². The zero-order valence-corrected chi connectivity index (χ0v) is 12.2. The standard InChI is InChI=1S/C13H25N3S/c1-5-6-12(7-14)8-15-9(2)13-10(3)16-11(4)17-13/h9,12,15H,5-8,14H2,1-4H3. The van der Waals surface area contributed by atoms with Crippen molar-refractivity contribution < 1.29 is 0 Å². The quantitative estimate of drug-likeness (QED) is 0.787. The zero-order chi connectivity index (χ0) is 12.8. The number of nitrogens with zero attached hydrogens (tertiary/aromatic N) is 1. The van der Waals surface area contributed by atoms with Crippen molar-refractivity contribution in [3.63, 3.8) is 0 Å². The van der Waals surface area contributed by atoms with Crippen LogP contribution in [-0.2, 0) is 0 Å². The third-order valence-corrected chi connectivity index (χ3v) is 4.33. The van der Waals surface area contributed by atoms with Crippen LogP contribution >= 0.6 is 11.3 Å². The van der Waals surface area contributed by atoms with Gasteiger partial charge in [-0.3, -0.25) is 0 Å². The number of nitrogens with two attached hydrogens (primary N) is 1. The van der Waals surface area contributed by atoms with E-state index < -0.39 is 0 Å². The van der Waals surface area contributed by atoms with E-state index >= 15 is 0 Å². The second kappa shape index (κ2) is 7.09. The molecule has 0 radical (unpaired) electrons. The second-order valence-electron chi connectivity index (χ2n) is 4.70. The van der Waals surface area contributed by atoms with Crippen LogP contribution in [0.15, 0.2) is 0 Å². The summed E-state index contributed by atoms with van der Waals surface area (Å²) < 4.78 is 0. The zero-order valence-electron chi connectivity index (χ0n) is 11.4. The first-order valence-corrected chi connectivity index (χ1v) is 7.27. The molecule has 1 aromatic rings. The molecule has 0 aromatic carbocycles. The van der Waals surface area contributed by atoms with Gasteiger partial charge in [-0.2, -0.15) is 0 Å². The molecule has 0 saturated carbocycles. The molecule has 1 aromatic heterocycles. The fourth-order valence-corrected chi connectivity index (χ4v) is 3.05. The number of hydrogen-bond donors (Lipinski definition) is 2. The van der Waals surface area contributed by atoms with E-state index in [0.29, 0.717) is 12.0 Å². The molecule has 0 amide bonds. The summed E-state index contributed by atoms with van der Waals surface area (Å²) in [4.78, 5) is 5.83. The van der Waals surface area contributed by atoms with Crippen molar-refractivity contribution in [2.45, 2.75) is 46.6 Å². The fraction of sp³-hybridized carbons (Fsp3) is 0.769. The number of hydrogen-bond acceptors (Lipinski definition) is 4. The van der Waals surface area contributed by atoms with Crippen LogP contribution in [0, 0.1) is 19.8 Å². The average molecular weight is 255 g/mol. The van der Waals surface area contributed by atoms with Gasteiger partial charge in [-0.05, 0) is 46.2 Å². The molecule has 0 aliphatic heterocycles. The molecule has 1 heterocycles. The Morgan fingerprint density at radius 3 is 2.59 bits per heavy atom. The van der Waals surface area contributed by atoms with E-state index in [1.54, 1.807) is 11.3 Å². The van der Waals surface area contributed by atoms with Crippen molar-refractivity contribution >= 4 is 11.3 Å². The highest BCUT2D eigenvalue weighted by molar-refractivity contribution is 7.11. The molecule has 0 aliphatic carbocycles. The van der Waals surface area contributed by atoms with Crippen LogP contribution in [0.4, 0.5) is 0 Å². The second-order valence-corrected chi connectivity index (χ2v) is 5.94. The minimum atomic E-state index is 0.382. The first-order valence-electron chi connectivity index (χ1n) is 6.45. The molecular weight excluding hydrogens is 230 g/mol. The monoisotopic (exact) mass is 255 g/mol. The summed E-state index contributed by atoms with van der Waals surface area (Å²) in [5, 5.41) is 4.73. The first kappa shape index (κ1) is 14.6. The molecule has 2 atom stereocenters. The number of nitrogens with one attached hydrogen (secondary N) is 1. The lowest BCUT2D eigenvalue weighted by Crippen LogP contribution is -2.30. The molecule has 3 N–H and O–H groups in total. The van der Waals surface area contributed by atoms with E-state index in [0.717, 1.165) is 23.8 Å². The topological polar surface area (TPSA) is 50.9 Å². The van der Waals surface area contributed by atoms with Crippen LogP contribution in [0.1, 0.15) is 48.3 Å². The van der Waals surface area contributed by atoms with Crippen LogP contribution in [0.2, 0.25) is 0 Å². The molecule has 1 rings (SSSR count). The van der Waals surface area contributed by atoms with Crippen molar-refractivity contribution in [1.29, 1.82) is 0 Å². The molecule has 17 heavy (non-hydrogen) atoms. The Hall–Kier alpha value is -0.450. The summed E-state index contributed by atoms with van der Waals surface area (Å²) in [6, 6.07) is 0.382. The van der Waals surface area contributed by atoms with Crippen molar-refractivity contribution in [1.82, 2.24) is 10.3 Å². The minimum Gasteiger partial charge on any atom is -0.330 e. The largest absolute Gasteiger partial charge is 0.330 e. The van der Waals surface area contributed by atoms with Gasteiger partial charge >= 0.3 is 0 Å². The predicted molar refractivity (Wildman–Crippen MR) is 75.5 cm³/mol. The Morgan fingerprint density at radius 2 is 2.12 bits per heavy atom. The molecular formula is C13H25N3S. The Balaban J connectivity index is 2.49. The van der Waals surface area contributed by atoms with Gasteiger partial charge in [0, 0.05) is 10.9 Å². The van der Waals surface area contributed by atoms with Gasteiger partial charge in [0.1, 0.15) is 0 Å². The summed E-state index contributed by atoms with van der Waals surface area (Å²) in [5.74, 6) is 0.594. The van der Waals surface area contributed by atoms with Crippen LogP contribution in [-0.4, -0.2) is 18.1 Å². The Kier molecular flexibility index (Phi) is 6.09. The van der Waals surface area contributed by atoms with Gasteiger partial charge < -0.3 is 11.1 Å². The molecule has 4 heteroatoms. The normalized spacial score (nSPS) is 14.9. The van der Waals surface area contributed by atoms with Crippen LogP contribution in [0.3, 0.4) is 0 Å². The van der Waals surface area contributed by atoms with Crippen molar-refractivity contribution in [3.8, 4) is 0 Å². The van der Waals surface area contributed by atoms with Gasteiger partial charge in [0.05, 0.1) is 10.7 Å². The molecule has 2 unspecified atom stereocenters. The van der Waals surface area contributed by atoms with E-state index in [1.165, 1.54) is 17.7 Å². The lowest BCUT2D eigenvalue weighted by atomic mass is 10.0. The van der Waals surface area contributed by atoms with Crippen LogP contribution < -0.4 is 11.1 Å². The molecule has 0 saturated heterocycles. The summed E-state index contributed by atoms with van der Waals surface area (Å²) in [7, 11) is 0. The van der Waals surface area contributed by atoms with E-state index in [2.05, 4.69) is 38.0 Å². The third-order valence-electron chi connectivity index (χ3n) is 3.08. The van der Waals surface area contributed by atoms with Crippen molar-refractivity contribution in [2.24, 2.45) is 11.7 Å². The van der Waals surface area contributed by atoms with Gasteiger partial charge in [-0.25, -0.2) is 4.98 Å². The van der Waals surface area contributed by atoms with Crippen LogP contribution in [0.5, 0.6) is 0 Å².